The van der Waals surface area contributed by atoms with Gasteiger partial charge in [-0.15, -0.1) is 10.2 Å². The molecule has 0 aliphatic rings. The quantitative estimate of drug-likeness (QED) is 0.342. The summed E-state index contributed by atoms with van der Waals surface area (Å²) < 4.78 is 6.54. The van der Waals surface area contributed by atoms with Crippen LogP contribution in [0.3, 0.4) is 0 Å². The minimum absolute atomic E-state index is 0.00918. The highest BCUT2D eigenvalue weighted by Crippen LogP contribution is 2.29. The van der Waals surface area contributed by atoms with E-state index in [0.717, 1.165) is 27.2 Å². The SMILES string of the molecule is CN(C(=O)CSc1nnc(Nc2ccc(Oc3ccccc3)cc2)s1)c1ccccc1. The third-order valence-electron chi connectivity index (χ3n) is 4.33. The molecule has 4 rings (SSSR count). The lowest BCUT2D eigenvalue weighted by molar-refractivity contribution is -0.115. The van der Waals surface area contributed by atoms with Gasteiger partial charge in [-0.3, -0.25) is 4.79 Å². The molecule has 0 unspecified atom stereocenters. The van der Waals surface area contributed by atoms with Gasteiger partial charge in [0.2, 0.25) is 11.0 Å². The molecular formula is C23H20N4O2S2. The van der Waals surface area contributed by atoms with Gasteiger partial charge in [-0.05, 0) is 48.5 Å². The fraction of sp³-hybridized carbons (Fsp3) is 0.0870. The predicted octanol–water partition coefficient (Wildman–Crippen LogP) is 5.83. The van der Waals surface area contributed by atoms with E-state index in [4.69, 9.17) is 4.74 Å². The summed E-state index contributed by atoms with van der Waals surface area (Å²) in [5, 5.41) is 12.2. The number of hydrogen-bond donors (Lipinski definition) is 1. The molecule has 0 saturated carbocycles. The van der Waals surface area contributed by atoms with E-state index in [9.17, 15) is 4.79 Å². The van der Waals surface area contributed by atoms with Crippen molar-refractivity contribution in [3.63, 3.8) is 0 Å². The number of rotatable bonds is 8. The fourth-order valence-electron chi connectivity index (χ4n) is 2.69. The van der Waals surface area contributed by atoms with Gasteiger partial charge < -0.3 is 15.0 Å². The van der Waals surface area contributed by atoms with E-state index < -0.39 is 0 Å². The molecule has 1 amide bonds. The Labute approximate surface area is 188 Å². The Hall–Kier alpha value is -3.36. The van der Waals surface area contributed by atoms with Gasteiger partial charge in [0.1, 0.15) is 11.5 Å². The van der Waals surface area contributed by atoms with E-state index in [2.05, 4.69) is 15.5 Å². The number of thioether (sulfide) groups is 1. The van der Waals surface area contributed by atoms with E-state index in [0.29, 0.717) is 10.9 Å². The summed E-state index contributed by atoms with van der Waals surface area (Å²) >= 11 is 2.79. The minimum atomic E-state index is 0.00918. The molecule has 1 heterocycles. The van der Waals surface area contributed by atoms with Crippen LogP contribution in [0.15, 0.2) is 89.3 Å². The third kappa shape index (κ3) is 5.84. The second-order valence-corrected chi connectivity index (χ2v) is 8.71. The molecule has 0 fully saturated rings. The van der Waals surface area contributed by atoms with E-state index >= 15 is 0 Å². The maximum atomic E-state index is 12.4. The Bertz CT molecular complexity index is 1120. The normalized spacial score (nSPS) is 10.5. The average Bonchev–Trinajstić information content (AvgIpc) is 3.27. The smallest absolute Gasteiger partial charge is 0.237 e. The molecule has 0 spiro atoms. The van der Waals surface area contributed by atoms with Crippen LogP contribution in [-0.2, 0) is 4.79 Å². The molecule has 4 aromatic rings. The minimum Gasteiger partial charge on any atom is -0.457 e. The molecule has 1 N–H and O–H groups in total. The van der Waals surface area contributed by atoms with E-state index in [1.807, 2.05) is 84.9 Å². The van der Waals surface area contributed by atoms with Gasteiger partial charge in [-0.2, -0.15) is 0 Å². The van der Waals surface area contributed by atoms with Crippen LogP contribution in [0, 0.1) is 0 Å². The lowest BCUT2D eigenvalue weighted by atomic mass is 10.3. The van der Waals surface area contributed by atoms with Gasteiger partial charge in [-0.1, -0.05) is 59.5 Å². The van der Waals surface area contributed by atoms with Crippen molar-refractivity contribution >= 4 is 45.5 Å². The van der Waals surface area contributed by atoms with Crippen molar-refractivity contribution in [2.75, 3.05) is 23.0 Å². The Kier molecular flexibility index (Phi) is 6.81. The number of carbonyl (C=O) groups is 1. The number of anilines is 3. The van der Waals surface area contributed by atoms with Crippen LogP contribution >= 0.6 is 23.1 Å². The largest absolute Gasteiger partial charge is 0.457 e. The summed E-state index contributed by atoms with van der Waals surface area (Å²) in [6.45, 7) is 0. The van der Waals surface area contributed by atoms with Crippen LogP contribution < -0.4 is 15.0 Å². The summed E-state index contributed by atoms with van der Waals surface area (Å²) in [4.78, 5) is 14.1. The summed E-state index contributed by atoms with van der Waals surface area (Å²) in [5.74, 6) is 1.86. The molecule has 0 aliphatic carbocycles. The molecule has 8 heteroatoms. The molecule has 0 atom stereocenters. The maximum absolute atomic E-state index is 12.4. The summed E-state index contributed by atoms with van der Waals surface area (Å²) in [5.41, 5.74) is 1.75. The first-order valence-electron chi connectivity index (χ1n) is 9.55. The summed E-state index contributed by atoms with van der Waals surface area (Å²) in [7, 11) is 1.77. The molecule has 0 aliphatic heterocycles. The van der Waals surface area contributed by atoms with Crippen LogP contribution in [0.4, 0.5) is 16.5 Å². The first kappa shape index (κ1) is 20.9. The Morgan fingerprint density at radius 2 is 1.58 bits per heavy atom. The van der Waals surface area contributed by atoms with Crippen molar-refractivity contribution in [1.82, 2.24) is 10.2 Å². The number of carbonyl (C=O) groups excluding carboxylic acids is 1. The first-order valence-corrected chi connectivity index (χ1v) is 11.4. The molecule has 0 saturated heterocycles. The number of amides is 1. The lowest BCUT2D eigenvalue weighted by Crippen LogP contribution is -2.27. The number of benzene rings is 3. The van der Waals surface area contributed by atoms with Gasteiger partial charge in [0.15, 0.2) is 4.34 Å². The van der Waals surface area contributed by atoms with Crippen LogP contribution in [0.5, 0.6) is 11.5 Å². The van der Waals surface area contributed by atoms with Gasteiger partial charge >= 0.3 is 0 Å². The zero-order valence-electron chi connectivity index (χ0n) is 16.8. The molecule has 0 radical (unpaired) electrons. The van der Waals surface area contributed by atoms with Crippen molar-refractivity contribution < 1.29 is 9.53 Å². The summed E-state index contributed by atoms with van der Waals surface area (Å²) in [6, 6.07) is 26.8. The molecule has 0 bridgehead atoms. The summed E-state index contributed by atoms with van der Waals surface area (Å²) in [6.07, 6.45) is 0. The van der Waals surface area contributed by atoms with E-state index in [1.165, 1.54) is 23.1 Å². The van der Waals surface area contributed by atoms with Crippen LogP contribution in [0.25, 0.3) is 0 Å². The van der Waals surface area contributed by atoms with Gasteiger partial charge in [0.25, 0.3) is 0 Å². The second kappa shape index (κ2) is 10.1. The van der Waals surface area contributed by atoms with Gasteiger partial charge in [0.05, 0.1) is 5.75 Å². The van der Waals surface area contributed by atoms with Crippen molar-refractivity contribution in [3.8, 4) is 11.5 Å². The van der Waals surface area contributed by atoms with Gasteiger partial charge in [-0.25, -0.2) is 0 Å². The fourth-order valence-corrected chi connectivity index (χ4v) is 4.37. The van der Waals surface area contributed by atoms with Crippen molar-refractivity contribution in [1.29, 1.82) is 0 Å². The number of nitrogens with one attached hydrogen (secondary N) is 1. The highest BCUT2D eigenvalue weighted by molar-refractivity contribution is 8.01. The molecule has 3 aromatic carbocycles. The number of para-hydroxylation sites is 2. The molecule has 156 valence electrons. The third-order valence-corrected chi connectivity index (χ3v) is 6.28. The number of aromatic nitrogens is 2. The monoisotopic (exact) mass is 448 g/mol. The number of hydrogen-bond acceptors (Lipinski definition) is 7. The van der Waals surface area contributed by atoms with Gasteiger partial charge in [0, 0.05) is 18.4 Å². The number of nitrogens with zero attached hydrogens (tertiary/aromatic N) is 3. The van der Waals surface area contributed by atoms with Crippen molar-refractivity contribution in [3.05, 3.63) is 84.9 Å². The Balaban J connectivity index is 1.29. The molecule has 31 heavy (non-hydrogen) atoms. The predicted molar refractivity (Wildman–Crippen MR) is 127 cm³/mol. The van der Waals surface area contributed by atoms with Crippen molar-refractivity contribution in [2.45, 2.75) is 4.34 Å². The van der Waals surface area contributed by atoms with Crippen LogP contribution in [-0.4, -0.2) is 28.9 Å². The average molecular weight is 449 g/mol. The highest BCUT2D eigenvalue weighted by atomic mass is 32.2. The van der Waals surface area contributed by atoms with E-state index in [-0.39, 0.29) is 5.91 Å². The number of ether oxygens (including phenoxy) is 1. The van der Waals surface area contributed by atoms with Crippen LogP contribution in [0.2, 0.25) is 0 Å². The zero-order valence-corrected chi connectivity index (χ0v) is 18.4. The lowest BCUT2D eigenvalue weighted by Gasteiger charge is -2.16. The second-order valence-electron chi connectivity index (χ2n) is 6.51. The standard InChI is InChI=1S/C23H20N4O2S2/c1-27(18-8-4-2-5-9-18)21(28)16-30-23-26-25-22(31-23)24-17-12-14-20(15-13-17)29-19-10-6-3-7-11-19/h2-15H,16H2,1H3,(H,24,25). The highest BCUT2D eigenvalue weighted by Gasteiger charge is 2.13. The molecular weight excluding hydrogens is 428 g/mol. The topological polar surface area (TPSA) is 67.4 Å². The molecule has 1 aromatic heterocycles. The molecule has 6 nitrogen and oxygen atoms in total. The van der Waals surface area contributed by atoms with E-state index in [1.54, 1.807) is 11.9 Å². The Morgan fingerprint density at radius 3 is 2.29 bits per heavy atom. The first-order chi connectivity index (χ1) is 15.2. The zero-order chi connectivity index (χ0) is 21.5. The van der Waals surface area contributed by atoms with Crippen molar-refractivity contribution in [2.24, 2.45) is 0 Å². The Morgan fingerprint density at radius 1 is 0.935 bits per heavy atom. The van der Waals surface area contributed by atoms with Crippen LogP contribution in [0.1, 0.15) is 0 Å². The maximum Gasteiger partial charge on any atom is 0.237 e.